The molecule has 2 aromatic carbocycles. The minimum atomic E-state index is -4.23. The van der Waals surface area contributed by atoms with Gasteiger partial charge in [0.2, 0.25) is 0 Å². The SMILES string of the molecule is CN(C)[C@H]1C[C@@H](c2cccc(Cl)c2)CC[C@@H]1Nc1cc(F)c(S(=O)(=O)Nc2ccncn2)cc1Cl.O=CO. The molecule has 0 saturated heterocycles. The first-order valence-corrected chi connectivity index (χ1v) is 13.8. The van der Waals surface area contributed by atoms with Crippen LogP contribution in [0, 0.1) is 5.82 Å². The Morgan fingerprint density at radius 1 is 1.16 bits per heavy atom. The van der Waals surface area contributed by atoms with Crippen LogP contribution in [0.2, 0.25) is 10.0 Å². The van der Waals surface area contributed by atoms with E-state index in [1.165, 1.54) is 24.2 Å². The fraction of sp³-hybridized carbons (Fsp3) is 0.320. The van der Waals surface area contributed by atoms with Gasteiger partial charge in [0.05, 0.1) is 10.7 Å². The highest BCUT2D eigenvalue weighted by Crippen LogP contribution is 2.38. The molecule has 3 N–H and O–H groups in total. The van der Waals surface area contributed by atoms with E-state index in [4.69, 9.17) is 33.1 Å². The summed E-state index contributed by atoms with van der Waals surface area (Å²) in [5.41, 5.74) is 1.56. The smallest absolute Gasteiger partial charge is 0.290 e. The molecular formula is C25H28Cl2FN5O4S. The lowest BCUT2D eigenvalue weighted by Gasteiger charge is -2.41. The molecule has 0 aliphatic heterocycles. The highest BCUT2D eigenvalue weighted by molar-refractivity contribution is 7.92. The van der Waals surface area contributed by atoms with E-state index in [1.54, 1.807) is 0 Å². The molecule has 1 aromatic heterocycles. The van der Waals surface area contributed by atoms with Crippen molar-refractivity contribution in [3.8, 4) is 0 Å². The van der Waals surface area contributed by atoms with Gasteiger partial charge in [0, 0.05) is 23.3 Å². The molecule has 0 unspecified atom stereocenters. The first-order valence-electron chi connectivity index (χ1n) is 11.6. The molecule has 1 aliphatic carbocycles. The van der Waals surface area contributed by atoms with Gasteiger partial charge >= 0.3 is 0 Å². The number of anilines is 2. The van der Waals surface area contributed by atoms with Gasteiger partial charge in [-0.25, -0.2) is 22.8 Å². The van der Waals surface area contributed by atoms with E-state index in [0.29, 0.717) is 11.6 Å². The predicted octanol–water partition coefficient (Wildman–Crippen LogP) is 5.10. The molecule has 0 amide bonds. The Bertz CT molecular complexity index is 1350. The van der Waals surface area contributed by atoms with Crippen molar-refractivity contribution < 1.29 is 22.7 Å². The van der Waals surface area contributed by atoms with Crippen molar-refractivity contribution in [3.05, 3.63) is 76.4 Å². The molecule has 1 fully saturated rings. The lowest BCUT2D eigenvalue weighted by molar-refractivity contribution is -0.122. The monoisotopic (exact) mass is 583 g/mol. The van der Waals surface area contributed by atoms with Crippen molar-refractivity contribution >= 4 is 51.2 Å². The van der Waals surface area contributed by atoms with Crippen molar-refractivity contribution in [3.63, 3.8) is 0 Å². The van der Waals surface area contributed by atoms with Crippen LogP contribution in [0.5, 0.6) is 0 Å². The van der Waals surface area contributed by atoms with Gasteiger partial charge in [-0.1, -0.05) is 35.3 Å². The number of nitrogens with one attached hydrogen (secondary N) is 2. The lowest BCUT2D eigenvalue weighted by Crippen LogP contribution is -2.47. The maximum Gasteiger partial charge on any atom is 0.290 e. The number of benzene rings is 2. The molecule has 1 saturated carbocycles. The van der Waals surface area contributed by atoms with Gasteiger partial charge in [-0.05, 0) is 75.2 Å². The van der Waals surface area contributed by atoms with Crippen molar-refractivity contribution in [1.82, 2.24) is 14.9 Å². The summed E-state index contributed by atoms with van der Waals surface area (Å²) in [6, 6.07) is 11.7. The summed E-state index contributed by atoms with van der Waals surface area (Å²) in [6.07, 6.45) is 5.21. The number of rotatable bonds is 7. The number of halogens is 3. The molecule has 0 radical (unpaired) electrons. The zero-order valence-corrected chi connectivity index (χ0v) is 23.0. The van der Waals surface area contributed by atoms with E-state index in [-0.39, 0.29) is 29.4 Å². The summed E-state index contributed by atoms with van der Waals surface area (Å²) in [5, 5.41) is 11.1. The summed E-state index contributed by atoms with van der Waals surface area (Å²) >= 11 is 12.6. The predicted molar refractivity (Wildman–Crippen MR) is 146 cm³/mol. The van der Waals surface area contributed by atoms with E-state index in [9.17, 15) is 12.8 Å². The van der Waals surface area contributed by atoms with Gasteiger partial charge in [0.15, 0.2) is 0 Å². The van der Waals surface area contributed by atoms with Crippen LogP contribution in [0.15, 0.2) is 59.9 Å². The van der Waals surface area contributed by atoms with Gasteiger partial charge in [-0.15, -0.1) is 0 Å². The first-order chi connectivity index (χ1) is 18.1. The Hall–Kier alpha value is -2.99. The second-order valence-corrected chi connectivity index (χ2v) is 11.4. The molecule has 0 spiro atoms. The Labute approximate surface area is 231 Å². The molecule has 4 rings (SSSR count). The summed E-state index contributed by atoms with van der Waals surface area (Å²) in [6.45, 7) is -0.250. The maximum absolute atomic E-state index is 15.0. The second kappa shape index (κ2) is 13.2. The highest BCUT2D eigenvalue weighted by Gasteiger charge is 2.33. The van der Waals surface area contributed by atoms with Crippen LogP contribution in [0.3, 0.4) is 0 Å². The van der Waals surface area contributed by atoms with E-state index in [1.807, 2.05) is 32.3 Å². The molecular weight excluding hydrogens is 556 g/mol. The lowest BCUT2D eigenvalue weighted by atomic mass is 9.78. The van der Waals surface area contributed by atoms with Gasteiger partial charge < -0.3 is 15.3 Å². The van der Waals surface area contributed by atoms with E-state index in [0.717, 1.165) is 36.4 Å². The maximum atomic E-state index is 15.0. The van der Waals surface area contributed by atoms with E-state index >= 15 is 0 Å². The minimum Gasteiger partial charge on any atom is -0.483 e. The number of likely N-dealkylation sites (N-methyl/N-ethyl adjacent to an activating group) is 1. The third kappa shape index (κ3) is 7.53. The molecule has 0 bridgehead atoms. The Morgan fingerprint density at radius 2 is 1.89 bits per heavy atom. The topological polar surface area (TPSA) is 125 Å². The fourth-order valence-electron chi connectivity index (χ4n) is 4.54. The minimum absolute atomic E-state index is 0.000986. The third-order valence-electron chi connectivity index (χ3n) is 6.27. The van der Waals surface area contributed by atoms with Crippen molar-refractivity contribution in [2.75, 3.05) is 24.1 Å². The van der Waals surface area contributed by atoms with Crippen LogP contribution in [-0.4, -0.2) is 61.0 Å². The molecule has 13 heteroatoms. The molecule has 1 aliphatic rings. The first kappa shape index (κ1) is 29.6. The quantitative estimate of drug-likeness (QED) is 0.328. The van der Waals surface area contributed by atoms with Gasteiger partial charge in [-0.2, -0.15) is 0 Å². The second-order valence-electron chi connectivity index (χ2n) is 8.91. The number of aromatic nitrogens is 2. The van der Waals surface area contributed by atoms with E-state index < -0.39 is 20.7 Å². The Morgan fingerprint density at radius 3 is 2.53 bits per heavy atom. The van der Waals surface area contributed by atoms with Crippen LogP contribution in [0.25, 0.3) is 0 Å². The van der Waals surface area contributed by atoms with Gasteiger partial charge in [-0.3, -0.25) is 9.52 Å². The van der Waals surface area contributed by atoms with Crippen LogP contribution < -0.4 is 10.0 Å². The van der Waals surface area contributed by atoms with Crippen molar-refractivity contribution in [2.24, 2.45) is 0 Å². The third-order valence-corrected chi connectivity index (χ3v) is 8.19. The number of carbonyl (C=O) groups is 1. The molecule has 3 aromatic rings. The highest BCUT2D eigenvalue weighted by atomic mass is 35.5. The molecule has 38 heavy (non-hydrogen) atoms. The summed E-state index contributed by atoms with van der Waals surface area (Å²) in [7, 11) is -0.208. The van der Waals surface area contributed by atoms with Crippen LogP contribution in [-0.2, 0) is 14.8 Å². The summed E-state index contributed by atoms with van der Waals surface area (Å²) < 4.78 is 42.6. The number of hydrogen-bond donors (Lipinski definition) is 3. The number of carboxylic acid groups (broad SMARTS) is 1. The molecule has 9 nitrogen and oxygen atoms in total. The zero-order chi connectivity index (χ0) is 27.9. The largest absolute Gasteiger partial charge is 0.483 e. The number of nitrogens with zero attached hydrogens (tertiary/aromatic N) is 3. The van der Waals surface area contributed by atoms with Crippen molar-refractivity contribution in [1.29, 1.82) is 0 Å². The van der Waals surface area contributed by atoms with Crippen LogP contribution >= 0.6 is 23.2 Å². The molecule has 1 heterocycles. The summed E-state index contributed by atoms with van der Waals surface area (Å²) in [4.78, 5) is 17.5. The van der Waals surface area contributed by atoms with Crippen LogP contribution in [0.4, 0.5) is 15.9 Å². The standard InChI is InChI=1S/C24H26Cl2FN5O2S.CH2O2/c1-32(2)22-11-16(15-4-3-5-17(25)10-15)6-7-20(22)30-21-13-19(27)23(12-18(21)26)35(33,34)31-24-8-9-28-14-29-24;2-1-3/h3-5,8-10,12-14,16,20,22,30H,6-7,11H2,1-2H3,(H,28,29,31);1H,(H,2,3)/t16-,20-,22-;/m0./s1. The Kier molecular flexibility index (Phi) is 10.3. The average Bonchev–Trinajstić information content (AvgIpc) is 2.87. The van der Waals surface area contributed by atoms with Gasteiger partial charge in [0.1, 0.15) is 22.9 Å². The molecule has 204 valence electrons. The Balaban J connectivity index is 0.00000127. The van der Waals surface area contributed by atoms with Crippen LogP contribution in [0.1, 0.15) is 30.7 Å². The summed E-state index contributed by atoms with van der Waals surface area (Å²) in [5.74, 6) is -0.526. The van der Waals surface area contributed by atoms with Crippen molar-refractivity contribution in [2.45, 2.75) is 42.2 Å². The number of sulfonamides is 1. The van der Waals surface area contributed by atoms with E-state index in [2.05, 4.69) is 31.0 Å². The van der Waals surface area contributed by atoms with Gasteiger partial charge in [0.25, 0.3) is 16.5 Å². The number of hydrogen-bond acceptors (Lipinski definition) is 7. The molecule has 3 atom stereocenters. The average molecular weight is 585 g/mol. The normalized spacial score (nSPS) is 19.3. The zero-order valence-electron chi connectivity index (χ0n) is 20.7. The fourth-order valence-corrected chi connectivity index (χ4v) is 6.11.